The van der Waals surface area contributed by atoms with E-state index in [9.17, 15) is 0 Å². The highest BCUT2D eigenvalue weighted by molar-refractivity contribution is 6.73. The van der Waals surface area contributed by atoms with Crippen molar-refractivity contribution in [2.45, 2.75) is 64.8 Å². The molecule has 0 aliphatic rings. The Labute approximate surface area is 95.4 Å². The Balaban J connectivity index is 3.88. The van der Waals surface area contributed by atoms with Crippen molar-refractivity contribution in [2.75, 3.05) is 6.54 Å². The zero-order chi connectivity index (χ0) is 11.7. The van der Waals surface area contributed by atoms with Crippen LogP contribution in [0.1, 0.15) is 40.5 Å². The number of nitrogens with two attached hydrogens (primary N) is 1. The maximum Gasteiger partial charge on any atom is 0.238 e. The van der Waals surface area contributed by atoms with Gasteiger partial charge in [-0.05, 0) is 44.4 Å². The largest absolute Gasteiger partial charge is 0.330 e. The molecule has 0 aliphatic carbocycles. The molecule has 0 saturated carbocycles. The van der Waals surface area contributed by atoms with Crippen molar-refractivity contribution in [3.63, 3.8) is 0 Å². The molecule has 0 bridgehead atoms. The predicted molar refractivity (Wildman–Crippen MR) is 67.1 cm³/mol. The molecule has 1 unspecified atom stereocenters. The van der Waals surface area contributed by atoms with Crippen LogP contribution in [0.3, 0.4) is 0 Å². The van der Waals surface area contributed by atoms with Gasteiger partial charge in [0.05, 0.1) is 6.10 Å². The van der Waals surface area contributed by atoms with E-state index in [4.69, 9.17) is 15.2 Å². The molecule has 2 N–H and O–H groups in total. The summed E-state index contributed by atoms with van der Waals surface area (Å²) in [5.74, 6) is 0. The van der Waals surface area contributed by atoms with E-state index in [1.54, 1.807) is 0 Å². The molecule has 0 aromatic heterocycles. The van der Waals surface area contributed by atoms with E-state index < -0.39 is 8.32 Å². The molecule has 0 aromatic carbocycles. The SMILES string of the molecule is CC[Si](CC)(CC)OOC(C)CCCN. The fraction of sp³-hybridized carbons (Fsp3) is 1.00. The fourth-order valence-electron chi connectivity index (χ4n) is 1.56. The van der Waals surface area contributed by atoms with Crippen molar-refractivity contribution >= 4 is 8.32 Å². The Bertz CT molecular complexity index is 143. The molecule has 92 valence electrons. The lowest BCUT2D eigenvalue weighted by atomic mass is 10.2. The average Bonchev–Trinajstić information content (AvgIpc) is 2.29. The van der Waals surface area contributed by atoms with Crippen molar-refractivity contribution in [2.24, 2.45) is 5.73 Å². The molecule has 0 amide bonds. The van der Waals surface area contributed by atoms with Gasteiger partial charge >= 0.3 is 0 Å². The molecule has 1 atom stereocenters. The fourth-order valence-corrected chi connectivity index (χ4v) is 3.79. The smallest absolute Gasteiger partial charge is 0.238 e. The van der Waals surface area contributed by atoms with E-state index in [2.05, 4.69) is 27.7 Å². The molecule has 3 nitrogen and oxygen atoms in total. The van der Waals surface area contributed by atoms with Crippen LogP contribution in [0.2, 0.25) is 18.1 Å². The molecule has 0 aromatic rings. The monoisotopic (exact) mass is 233 g/mol. The van der Waals surface area contributed by atoms with Crippen LogP contribution < -0.4 is 5.73 Å². The average molecular weight is 233 g/mol. The Morgan fingerprint density at radius 1 is 1.13 bits per heavy atom. The van der Waals surface area contributed by atoms with Gasteiger partial charge in [-0.1, -0.05) is 20.8 Å². The molecule has 0 aliphatic heterocycles. The quantitative estimate of drug-likeness (QED) is 0.378. The van der Waals surface area contributed by atoms with Gasteiger partial charge in [-0.3, -0.25) is 4.58 Å². The highest BCUT2D eigenvalue weighted by atomic mass is 28.4. The number of rotatable bonds is 9. The first kappa shape index (κ1) is 15.1. The van der Waals surface area contributed by atoms with Crippen molar-refractivity contribution < 1.29 is 9.46 Å². The lowest BCUT2D eigenvalue weighted by molar-refractivity contribution is -0.253. The van der Waals surface area contributed by atoms with E-state index in [0.717, 1.165) is 37.5 Å². The summed E-state index contributed by atoms with van der Waals surface area (Å²) in [7, 11) is -1.57. The second-order valence-electron chi connectivity index (χ2n) is 4.16. The zero-order valence-electron chi connectivity index (χ0n) is 10.7. The van der Waals surface area contributed by atoms with Gasteiger partial charge in [0.1, 0.15) is 0 Å². The second-order valence-corrected chi connectivity index (χ2v) is 8.82. The summed E-state index contributed by atoms with van der Waals surface area (Å²) < 4.78 is 5.73. The maximum absolute atomic E-state index is 5.73. The summed E-state index contributed by atoms with van der Waals surface area (Å²) in [6.45, 7) is 9.38. The van der Waals surface area contributed by atoms with Crippen LogP contribution in [0.15, 0.2) is 0 Å². The van der Waals surface area contributed by atoms with Gasteiger partial charge in [-0.15, -0.1) is 0 Å². The van der Waals surface area contributed by atoms with Gasteiger partial charge in [0.2, 0.25) is 8.32 Å². The predicted octanol–water partition coefficient (Wildman–Crippen LogP) is 3.07. The standard InChI is InChI=1S/C11H27NO2Si/c1-5-15(6-2,7-3)14-13-11(4)9-8-10-12/h11H,5-10,12H2,1-4H3. The molecule has 4 heteroatoms. The summed E-state index contributed by atoms with van der Waals surface area (Å²) in [5, 5.41) is 0. The lowest BCUT2D eigenvalue weighted by Gasteiger charge is -2.27. The molecule has 0 saturated heterocycles. The maximum atomic E-state index is 5.73. The van der Waals surface area contributed by atoms with Crippen LogP contribution in [0.4, 0.5) is 0 Å². The molecule has 0 radical (unpaired) electrons. The Morgan fingerprint density at radius 3 is 2.07 bits per heavy atom. The minimum atomic E-state index is -1.57. The van der Waals surface area contributed by atoms with E-state index in [1.807, 2.05) is 0 Å². The van der Waals surface area contributed by atoms with Crippen LogP contribution in [0, 0.1) is 0 Å². The van der Waals surface area contributed by atoms with Crippen molar-refractivity contribution in [1.29, 1.82) is 0 Å². The zero-order valence-corrected chi connectivity index (χ0v) is 11.7. The second kappa shape index (κ2) is 8.27. The van der Waals surface area contributed by atoms with Crippen LogP contribution >= 0.6 is 0 Å². The third-order valence-electron chi connectivity index (χ3n) is 3.14. The first-order valence-corrected chi connectivity index (χ1v) is 8.71. The highest BCUT2D eigenvalue weighted by Crippen LogP contribution is 2.22. The Hall–Kier alpha value is 0.0969. The lowest BCUT2D eigenvalue weighted by Crippen LogP contribution is -2.37. The van der Waals surface area contributed by atoms with Gasteiger partial charge in [-0.25, -0.2) is 4.89 Å². The molecule has 0 fully saturated rings. The Morgan fingerprint density at radius 2 is 1.67 bits per heavy atom. The first-order chi connectivity index (χ1) is 7.14. The van der Waals surface area contributed by atoms with Gasteiger partial charge in [0, 0.05) is 0 Å². The summed E-state index contributed by atoms with van der Waals surface area (Å²) in [5.41, 5.74) is 5.45. The minimum Gasteiger partial charge on any atom is -0.330 e. The van der Waals surface area contributed by atoms with E-state index in [0.29, 0.717) is 0 Å². The van der Waals surface area contributed by atoms with E-state index >= 15 is 0 Å². The van der Waals surface area contributed by atoms with Crippen molar-refractivity contribution in [3.8, 4) is 0 Å². The van der Waals surface area contributed by atoms with Crippen LogP contribution in [-0.2, 0) is 9.46 Å². The molecular formula is C11H27NO2Si. The number of hydrogen-bond acceptors (Lipinski definition) is 3. The normalized spacial score (nSPS) is 14.2. The first-order valence-electron chi connectivity index (χ1n) is 6.18. The van der Waals surface area contributed by atoms with E-state index in [-0.39, 0.29) is 6.10 Å². The summed E-state index contributed by atoms with van der Waals surface area (Å²) in [4.78, 5) is 5.49. The van der Waals surface area contributed by atoms with Crippen LogP contribution in [-0.4, -0.2) is 21.0 Å². The van der Waals surface area contributed by atoms with Gasteiger partial charge in [0.25, 0.3) is 0 Å². The molecule has 0 heterocycles. The number of hydrogen-bond donors (Lipinski definition) is 1. The summed E-state index contributed by atoms with van der Waals surface area (Å²) >= 11 is 0. The summed E-state index contributed by atoms with van der Waals surface area (Å²) in [6, 6.07) is 3.39. The van der Waals surface area contributed by atoms with Gasteiger partial charge in [0.15, 0.2) is 0 Å². The molecule has 15 heavy (non-hydrogen) atoms. The molecule has 0 spiro atoms. The van der Waals surface area contributed by atoms with Gasteiger partial charge in [-0.2, -0.15) is 0 Å². The third-order valence-corrected chi connectivity index (χ3v) is 7.45. The van der Waals surface area contributed by atoms with Crippen molar-refractivity contribution in [3.05, 3.63) is 0 Å². The van der Waals surface area contributed by atoms with Crippen LogP contribution in [0.5, 0.6) is 0 Å². The summed E-state index contributed by atoms with van der Waals surface area (Å²) in [6.07, 6.45) is 2.16. The van der Waals surface area contributed by atoms with E-state index in [1.165, 1.54) is 0 Å². The van der Waals surface area contributed by atoms with Crippen LogP contribution in [0.25, 0.3) is 0 Å². The molecular weight excluding hydrogens is 206 g/mol. The Kier molecular flexibility index (Phi) is 8.33. The topological polar surface area (TPSA) is 44.5 Å². The van der Waals surface area contributed by atoms with Gasteiger partial charge < -0.3 is 5.73 Å². The van der Waals surface area contributed by atoms with Crippen molar-refractivity contribution in [1.82, 2.24) is 0 Å². The highest BCUT2D eigenvalue weighted by Gasteiger charge is 2.31. The molecule has 0 rings (SSSR count). The minimum absolute atomic E-state index is 0.171. The third kappa shape index (κ3) is 5.66.